The quantitative estimate of drug-likeness (QED) is 0.537. The Morgan fingerprint density at radius 3 is 2.36 bits per heavy atom. The Bertz CT molecular complexity index is 549. The molecule has 1 fully saturated rings. The van der Waals surface area contributed by atoms with Gasteiger partial charge >= 0.3 is 0 Å². The fraction of sp³-hybridized carbons (Fsp3) is 0.500. The first-order chi connectivity index (χ1) is 10.8. The molecule has 1 aromatic carbocycles. The molecule has 0 amide bonds. The largest absolute Gasteiger partial charge is 0.193 e. The van der Waals surface area contributed by atoms with Gasteiger partial charge in [0.1, 0.15) is 0 Å². The lowest BCUT2D eigenvalue weighted by molar-refractivity contribution is 0.289. The lowest BCUT2D eigenvalue weighted by atomic mass is 9.79. The molecular weight excluding hydrogens is 268 g/mol. The summed E-state index contributed by atoms with van der Waals surface area (Å²) in [6.45, 7) is 0. The second-order valence-corrected chi connectivity index (χ2v) is 6.32. The molecule has 0 aliphatic heterocycles. The van der Waals surface area contributed by atoms with Gasteiger partial charge in [0.15, 0.2) is 0 Å². The fourth-order valence-electron chi connectivity index (χ4n) is 3.36. The molecule has 1 aliphatic rings. The van der Waals surface area contributed by atoms with Crippen molar-refractivity contribution in [1.29, 1.82) is 10.5 Å². The third kappa shape index (κ3) is 5.38. The summed E-state index contributed by atoms with van der Waals surface area (Å²) in [7, 11) is 0. The van der Waals surface area contributed by atoms with Gasteiger partial charge in [-0.15, -0.1) is 0 Å². The number of allylic oxidation sites excluding steroid dienone is 2. The van der Waals surface area contributed by atoms with Crippen molar-refractivity contribution in [3.8, 4) is 12.1 Å². The summed E-state index contributed by atoms with van der Waals surface area (Å²) >= 11 is 0. The van der Waals surface area contributed by atoms with Crippen molar-refractivity contribution in [2.75, 3.05) is 0 Å². The van der Waals surface area contributed by atoms with E-state index in [1.165, 1.54) is 50.5 Å². The minimum absolute atomic E-state index is 0.634. The van der Waals surface area contributed by atoms with Gasteiger partial charge < -0.3 is 0 Å². The molecule has 22 heavy (non-hydrogen) atoms. The molecule has 0 atom stereocenters. The highest BCUT2D eigenvalue weighted by molar-refractivity contribution is 5.31. The van der Waals surface area contributed by atoms with E-state index in [1.807, 2.05) is 12.1 Å². The van der Waals surface area contributed by atoms with Crippen LogP contribution >= 0.6 is 0 Å². The second-order valence-electron chi connectivity index (χ2n) is 6.32. The average molecular weight is 292 g/mol. The Balaban J connectivity index is 1.60. The molecular formula is C20H24N2. The van der Waals surface area contributed by atoms with Gasteiger partial charge in [0.25, 0.3) is 0 Å². The van der Waals surface area contributed by atoms with Gasteiger partial charge in [0.05, 0.1) is 17.7 Å². The number of benzene rings is 1. The molecule has 1 aromatic rings. The van der Waals surface area contributed by atoms with Gasteiger partial charge in [-0.2, -0.15) is 10.5 Å². The van der Waals surface area contributed by atoms with E-state index in [-0.39, 0.29) is 0 Å². The van der Waals surface area contributed by atoms with E-state index in [0.29, 0.717) is 5.92 Å². The van der Waals surface area contributed by atoms with Gasteiger partial charge in [0, 0.05) is 6.08 Å². The van der Waals surface area contributed by atoms with Gasteiger partial charge in [-0.25, -0.2) is 0 Å². The third-order valence-corrected chi connectivity index (χ3v) is 4.75. The van der Waals surface area contributed by atoms with Crippen LogP contribution in [0, 0.1) is 34.5 Å². The Morgan fingerprint density at radius 1 is 1.00 bits per heavy atom. The van der Waals surface area contributed by atoms with E-state index >= 15 is 0 Å². The zero-order valence-electron chi connectivity index (χ0n) is 13.2. The van der Waals surface area contributed by atoms with Crippen LogP contribution in [-0.4, -0.2) is 0 Å². The molecule has 1 saturated carbocycles. The number of rotatable bonds is 6. The van der Waals surface area contributed by atoms with E-state index in [2.05, 4.69) is 30.3 Å². The van der Waals surface area contributed by atoms with Gasteiger partial charge in [-0.3, -0.25) is 0 Å². The Labute approximate surface area is 134 Å². The summed E-state index contributed by atoms with van der Waals surface area (Å²) in [6.07, 6.45) is 13.8. The van der Waals surface area contributed by atoms with Crippen molar-refractivity contribution in [2.24, 2.45) is 11.8 Å². The van der Waals surface area contributed by atoms with E-state index in [4.69, 9.17) is 10.5 Å². The van der Waals surface area contributed by atoms with Crippen LogP contribution in [0.5, 0.6) is 0 Å². The first-order valence-corrected chi connectivity index (χ1v) is 8.37. The van der Waals surface area contributed by atoms with Crippen molar-refractivity contribution >= 4 is 0 Å². The minimum Gasteiger partial charge on any atom is -0.193 e. The topological polar surface area (TPSA) is 47.6 Å². The van der Waals surface area contributed by atoms with Crippen LogP contribution in [0.15, 0.2) is 36.4 Å². The first kappa shape index (κ1) is 16.3. The molecule has 0 spiro atoms. The van der Waals surface area contributed by atoms with Crippen LogP contribution in [-0.2, 0) is 6.42 Å². The normalized spacial score (nSPS) is 21.4. The first-order valence-electron chi connectivity index (χ1n) is 8.37. The number of aryl methyl sites for hydroxylation is 1. The highest BCUT2D eigenvalue weighted by atomic mass is 14.3. The highest BCUT2D eigenvalue weighted by Crippen LogP contribution is 2.32. The molecule has 0 heterocycles. The smallest absolute Gasteiger partial charge is 0.0991 e. The SMILES string of the molecule is N#C/C=C/C1CCC(CCCCc2ccc(C#N)cc2)CC1. The molecule has 0 saturated heterocycles. The average Bonchev–Trinajstić information content (AvgIpc) is 2.58. The van der Waals surface area contributed by atoms with Crippen LogP contribution in [0.1, 0.15) is 56.1 Å². The fourth-order valence-corrected chi connectivity index (χ4v) is 3.36. The Kier molecular flexibility index (Phi) is 6.72. The second kappa shape index (κ2) is 9.06. The molecule has 2 heteroatoms. The maximum absolute atomic E-state index is 8.78. The maximum Gasteiger partial charge on any atom is 0.0991 e. The van der Waals surface area contributed by atoms with Crippen molar-refractivity contribution < 1.29 is 0 Å². The van der Waals surface area contributed by atoms with Crippen LogP contribution in [0.25, 0.3) is 0 Å². The predicted molar refractivity (Wildman–Crippen MR) is 88.9 cm³/mol. The van der Waals surface area contributed by atoms with Crippen LogP contribution in [0.2, 0.25) is 0 Å². The Hall–Kier alpha value is -2.06. The number of nitriles is 2. The van der Waals surface area contributed by atoms with E-state index < -0.39 is 0 Å². The predicted octanol–water partition coefficient (Wildman–Crippen LogP) is 5.16. The Morgan fingerprint density at radius 2 is 1.73 bits per heavy atom. The molecule has 2 nitrogen and oxygen atoms in total. The summed E-state index contributed by atoms with van der Waals surface area (Å²) in [6, 6.07) is 12.2. The molecule has 0 radical (unpaired) electrons. The molecule has 0 aromatic heterocycles. The summed E-state index contributed by atoms with van der Waals surface area (Å²) in [4.78, 5) is 0. The zero-order chi connectivity index (χ0) is 15.6. The number of unbranched alkanes of at least 4 members (excludes halogenated alkanes) is 1. The molecule has 0 unspecified atom stereocenters. The highest BCUT2D eigenvalue weighted by Gasteiger charge is 2.18. The zero-order valence-corrected chi connectivity index (χ0v) is 13.2. The van der Waals surface area contributed by atoms with Crippen LogP contribution < -0.4 is 0 Å². The molecule has 2 rings (SSSR count). The monoisotopic (exact) mass is 292 g/mol. The molecule has 1 aliphatic carbocycles. The van der Waals surface area contributed by atoms with Crippen molar-refractivity contribution in [2.45, 2.75) is 51.4 Å². The maximum atomic E-state index is 8.78. The lowest BCUT2D eigenvalue weighted by Crippen LogP contribution is -2.13. The number of hydrogen-bond acceptors (Lipinski definition) is 2. The number of nitrogens with zero attached hydrogens (tertiary/aromatic N) is 2. The van der Waals surface area contributed by atoms with Crippen LogP contribution in [0.4, 0.5) is 0 Å². The van der Waals surface area contributed by atoms with Gasteiger partial charge in [-0.05, 0) is 68.1 Å². The van der Waals surface area contributed by atoms with E-state index in [0.717, 1.165) is 17.9 Å². The van der Waals surface area contributed by atoms with Crippen molar-refractivity contribution in [3.63, 3.8) is 0 Å². The molecule has 0 bridgehead atoms. The van der Waals surface area contributed by atoms with Crippen molar-refractivity contribution in [3.05, 3.63) is 47.5 Å². The summed E-state index contributed by atoms with van der Waals surface area (Å²) < 4.78 is 0. The van der Waals surface area contributed by atoms with Crippen molar-refractivity contribution in [1.82, 2.24) is 0 Å². The summed E-state index contributed by atoms with van der Waals surface area (Å²) in [5, 5.41) is 17.3. The summed E-state index contributed by atoms with van der Waals surface area (Å²) in [5.41, 5.74) is 2.08. The molecule has 114 valence electrons. The lowest BCUT2D eigenvalue weighted by Gasteiger charge is -2.26. The minimum atomic E-state index is 0.634. The van der Waals surface area contributed by atoms with Gasteiger partial charge in [0.2, 0.25) is 0 Å². The van der Waals surface area contributed by atoms with E-state index in [9.17, 15) is 0 Å². The molecule has 0 N–H and O–H groups in total. The standard InChI is InChI=1S/C20H24N2/c21-15-3-6-19-9-7-17(8-10-19)4-1-2-5-18-11-13-20(16-22)14-12-18/h3,6,11-14,17,19H,1-2,4-5,7-10H2/b6-3+. The van der Waals surface area contributed by atoms with E-state index in [1.54, 1.807) is 6.08 Å². The third-order valence-electron chi connectivity index (χ3n) is 4.75. The van der Waals surface area contributed by atoms with Crippen LogP contribution in [0.3, 0.4) is 0 Å². The number of hydrogen-bond donors (Lipinski definition) is 0. The van der Waals surface area contributed by atoms with Gasteiger partial charge in [-0.1, -0.05) is 31.1 Å². The summed E-state index contributed by atoms with van der Waals surface area (Å²) in [5.74, 6) is 1.52.